The van der Waals surface area contributed by atoms with E-state index in [4.69, 9.17) is 4.74 Å². The molecule has 0 radical (unpaired) electrons. The molecule has 0 saturated carbocycles. The minimum absolute atomic E-state index is 0.0116. The lowest BCUT2D eigenvalue weighted by atomic mass is 9.96. The number of ether oxygens (including phenoxy) is 1. The molecular weight excluding hydrogens is 374 g/mol. The van der Waals surface area contributed by atoms with Crippen LogP contribution in [0.5, 0.6) is 5.75 Å². The van der Waals surface area contributed by atoms with E-state index in [-0.39, 0.29) is 16.4 Å². The number of hydrogen-bond acceptors (Lipinski definition) is 5. The number of rotatable bonds is 5. The van der Waals surface area contributed by atoms with E-state index in [0.717, 1.165) is 5.39 Å². The summed E-state index contributed by atoms with van der Waals surface area (Å²) >= 11 is 0. The molecule has 1 heterocycles. The largest absolute Gasteiger partial charge is 0.490 e. The Morgan fingerprint density at radius 1 is 0.964 bits per heavy atom. The fraction of sp³-hybridized carbons (Fsp3) is 0.333. The van der Waals surface area contributed by atoms with Crippen LogP contribution in [-0.4, -0.2) is 24.5 Å². The summed E-state index contributed by atoms with van der Waals surface area (Å²) in [6.45, 7) is 9.86. The Morgan fingerprint density at radius 3 is 2.14 bits per heavy atom. The molecule has 0 spiro atoms. The van der Waals surface area contributed by atoms with Crippen molar-refractivity contribution in [3.8, 4) is 5.75 Å². The zero-order valence-corrected chi connectivity index (χ0v) is 17.5. The van der Waals surface area contributed by atoms with Crippen LogP contribution in [0.15, 0.2) is 53.7 Å². The molecular formula is C21H25N3O3S. The third-order valence-electron chi connectivity index (χ3n) is 4.07. The van der Waals surface area contributed by atoms with E-state index in [1.165, 1.54) is 12.4 Å². The summed E-state index contributed by atoms with van der Waals surface area (Å²) < 4.78 is 34.4. The Morgan fingerprint density at radius 2 is 1.57 bits per heavy atom. The summed E-state index contributed by atoms with van der Waals surface area (Å²) in [6, 6.07) is 10.5. The number of nitrogens with zero attached hydrogens (tertiary/aromatic N) is 2. The number of anilines is 1. The third kappa shape index (κ3) is 4.25. The lowest BCUT2D eigenvalue weighted by Crippen LogP contribution is -2.18. The summed E-state index contributed by atoms with van der Waals surface area (Å²) in [7, 11) is -3.82. The number of hydrogen-bond donors (Lipinski definition) is 1. The number of aromatic nitrogens is 2. The van der Waals surface area contributed by atoms with Crippen LogP contribution in [0.3, 0.4) is 0 Å². The molecule has 28 heavy (non-hydrogen) atoms. The van der Waals surface area contributed by atoms with Crippen LogP contribution in [-0.2, 0) is 15.4 Å². The lowest BCUT2D eigenvalue weighted by Gasteiger charge is -2.17. The fourth-order valence-corrected chi connectivity index (χ4v) is 4.05. The van der Waals surface area contributed by atoms with E-state index in [9.17, 15) is 8.42 Å². The van der Waals surface area contributed by atoms with Gasteiger partial charge in [0.05, 0.1) is 29.1 Å². The van der Waals surface area contributed by atoms with Crippen molar-refractivity contribution >= 4 is 26.5 Å². The van der Waals surface area contributed by atoms with E-state index >= 15 is 0 Å². The highest BCUT2D eigenvalue weighted by Gasteiger charge is 2.21. The molecule has 7 heteroatoms. The van der Waals surface area contributed by atoms with Gasteiger partial charge in [-0.25, -0.2) is 18.4 Å². The highest BCUT2D eigenvalue weighted by atomic mass is 32.2. The van der Waals surface area contributed by atoms with Crippen molar-refractivity contribution in [3.63, 3.8) is 0 Å². The van der Waals surface area contributed by atoms with E-state index in [2.05, 4.69) is 14.7 Å². The Kier molecular flexibility index (Phi) is 5.30. The second-order valence-electron chi connectivity index (χ2n) is 7.92. The van der Waals surface area contributed by atoms with Gasteiger partial charge in [0.25, 0.3) is 10.0 Å². The van der Waals surface area contributed by atoms with Gasteiger partial charge in [-0.3, -0.25) is 4.72 Å². The molecule has 0 saturated heterocycles. The Labute approximate surface area is 166 Å². The van der Waals surface area contributed by atoms with E-state index in [1.807, 2.05) is 52.8 Å². The third-order valence-corrected chi connectivity index (χ3v) is 5.51. The molecule has 0 bridgehead atoms. The number of benzene rings is 2. The maximum atomic E-state index is 13.0. The molecule has 2 aromatic carbocycles. The minimum Gasteiger partial charge on any atom is -0.490 e. The SMILES string of the molecule is CC(C)Oc1ccc(S(=O)(=O)Nc2cnc(C(C)(C)C)nc2)c2ccccc12. The van der Waals surface area contributed by atoms with Gasteiger partial charge >= 0.3 is 0 Å². The van der Waals surface area contributed by atoms with Crippen molar-refractivity contribution < 1.29 is 13.2 Å². The van der Waals surface area contributed by atoms with Crippen molar-refractivity contribution in [2.45, 2.75) is 51.0 Å². The average molecular weight is 400 g/mol. The fourth-order valence-electron chi connectivity index (χ4n) is 2.81. The highest BCUT2D eigenvalue weighted by molar-refractivity contribution is 7.93. The highest BCUT2D eigenvalue weighted by Crippen LogP contribution is 2.32. The van der Waals surface area contributed by atoms with Crippen LogP contribution in [0.25, 0.3) is 10.8 Å². The normalized spacial score (nSPS) is 12.4. The zero-order valence-electron chi connectivity index (χ0n) is 16.7. The van der Waals surface area contributed by atoms with Crippen molar-refractivity contribution in [2.24, 2.45) is 0 Å². The second kappa shape index (κ2) is 7.39. The first-order valence-electron chi connectivity index (χ1n) is 9.12. The molecule has 0 aliphatic carbocycles. The molecule has 0 atom stereocenters. The monoisotopic (exact) mass is 399 g/mol. The minimum atomic E-state index is -3.82. The predicted octanol–water partition coefficient (Wildman–Crippen LogP) is 4.52. The molecule has 0 fully saturated rings. The number of fused-ring (bicyclic) bond motifs is 1. The van der Waals surface area contributed by atoms with Crippen LogP contribution in [0.4, 0.5) is 5.69 Å². The lowest BCUT2D eigenvalue weighted by molar-refractivity contribution is 0.245. The molecule has 0 aliphatic rings. The first-order chi connectivity index (χ1) is 13.1. The summed E-state index contributed by atoms with van der Waals surface area (Å²) in [6.07, 6.45) is 2.97. The molecule has 3 rings (SSSR count). The van der Waals surface area contributed by atoms with Crippen LogP contribution in [0.2, 0.25) is 0 Å². The van der Waals surface area contributed by atoms with Gasteiger partial charge < -0.3 is 4.74 Å². The molecule has 1 aromatic heterocycles. The second-order valence-corrected chi connectivity index (χ2v) is 9.58. The standard InChI is InChI=1S/C21H25N3O3S/c1-14(2)27-18-10-11-19(17-9-7-6-8-16(17)18)28(25,26)24-15-12-22-20(23-13-15)21(3,4)5/h6-14,24H,1-5H3. The van der Waals surface area contributed by atoms with E-state index < -0.39 is 10.0 Å². The summed E-state index contributed by atoms with van der Waals surface area (Å²) in [5.41, 5.74) is 0.111. The zero-order chi connectivity index (χ0) is 20.5. The molecule has 0 aliphatic heterocycles. The van der Waals surface area contributed by atoms with Gasteiger partial charge in [0.15, 0.2) is 0 Å². The molecule has 148 valence electrons. The van der Waals surface area contributed by atoms with Gasteiger partial charge in [-0.1, -0.05) is 45.0 Å². The molecule has 3 aromatic rings. The molecule has 0 unspecified atom stereocenters. The Balaban J connectivity index is 1.99. The quantitative estimate of drug-likeness (QED) is 0.682. The summed E-state index contributed by atoms with van der Waals surface area (Å²) in [5.74, 6) is 1.30. The first kappa shape index (κ1) is 20.1. The van der Waals surface area contributed by atoms with Crippen LogP contribution in [0.1, 0.15) is 40.4 Å². The van der Waals surface area contributed by atoms with Crippen molar-refractivity contribution in [1.82, 2.24) is 9.97 Å². The van der Waals surface area contributed by atoms with Gasteiger partial charge in [-0.2, -0.15) is 0 Å². The summed E-state index contributed by atoms with van der Waals surface area (Å²) in [4.78, 5) is 8.74. The van der Waals surface area contributed by atoms with Gasteiger partial charge in [0, 0.05) is 16.2 Å². The molecule has 0 amide bonds. The Hall–Kier alpha value is -2.67. The van der Waals surface area contributed by atoms with Gasteiger partial charge in [-0.15, -0.1) is 0 Å². The van der Waals surface area contributed by atoms with Crippen molar-refractivity contribution in [3.05, 3.63) is 54.6 Å². The topological polar surface area (TPSA) is 81.2 Å². The van der Waals surface area contributed by atoms with Crippen LogP contribution >= 0.6 is 0 Å². The molecule has 6 nitrogen and oxygen atoms in total. The van der Waals surface area contributed by atoms with Gasteiger partial charge in [0.2, 0.25) is 0 Å². The molecule has 1 N–H and O–H groups in total. The van der Waals surface area contributed by atoms with Crippen molar-refractivity contribution in [1.29, 1.82) is 0 Å². The number of nitrogens with one attached hydrogen (secondary N) is 1. The van der Waals surface area contributed by atoms with E-state index in [1.54, 1.807) is 18.2 Å². The van der Waals surface area contributed by atoms with E-state index in [0.29, 0.717) is 22.6 Å². The first-order valence-corrected chi connectivity index (χ1v) is 10.6. The summed E-state index contributed by atoms with van der Waals surface area (Å²) in [5, 5.41) is 1.35. The maximum absolute atomic E-state index is 13.0. The van der Waals surface area contributed by atoms with Crippen molar-refractivity contribution in [2.75, 3.05) is 4.72 Å². The van der Waals surface area contributed by atoms with Gasteiger partial charge in [-0.05, 0) is 26.0 Å². The number of sulfonamides is 1. The average Bonchev–Trinajstić information content (AvgIpc) is 2.60. The maximum Gasteiger partial charge on any atom is 0.262 e. The smallest absolute Gasteiger partial charge is 0.262 e. The van der Waals surface area contributed by atoms with Gasteiger partial charge in [0.1, 0.15) is 11.6 Å². The van der Waals surface area contributed by atoms with Crippen LogP contribution < -0.4 is 9.46 Å². The Bertz CT molecular complexity index is 1090. The predicted molar refractivity (Wildman–Crippen MR) is 111 cm³/mol. The van der Waals surface area contributed by atoms with Crippen LogP contribution in [0, 0.1) is 0 Å².